The molecular weight excluding hydrogens is 302 g/mol. The van der Waals surface area contributed by atoms with Gasteiger partial charge in [0.15, 0.2) is 0 Å². The van der Waals surface area contributed by atoms with Crippen molar-refractivity contribution >= 4 is 17.5 Å². The molecule has 1 heterocycles. The number of anilines is 1. The van der Waals surface area contributed by atoms with E-state index < -0.39 is 0 Å². The van der Waals surface area contributed by atoms with Gasteiger partial charge in [0.25, 0.3) is 0 Å². The molecule has 0 bridgehead atoms. The normalized spacial score (nSPS) is 24.0. The number of rotatable bonds is 5. The Balaban J connectivity index is 1.70. The number of para-hydroxylation sites is 1. The summed E-state index contributed by atoms with van der Waals surface area (Å²) >= 11 is 0. The van der Waals surface area contributed by atoms with Gasteiger partial charge < -0.3 is 11.1 Å². The molecule has 1 aliphatic heterocycles. The van der Waals surface area contributed by atoms with Gasteiger partial charge in [0.05, 0.1) is 6.04 Å². The third-order valence-electron chi connectivity index (χ3n) is 4.98. The number of allylic oxidation sites excluding steroid dienone is 2. The van der Waals surface area contributed by atoms with Crippen LogP contribution in [0.15, 0.2) is 36.4 Å². The van der Waals surface area contributed by atoms with Crippen LogP contribution in [0.3, 0.4) is 0 Å². The largest absolute Gasteiger partial charge is 0.368 e. The number of nitrogens with one attached hydrogen (secondary N) is 1. The Kier molecular flexibility index (Phi) is 5.30. The quantitative estimate of drug-likeness (QED) is 0.816. The smallest absolute Gasteiger partial charge is 0.234 e. The molecule has 5 nitrogen and oxygen atoms in total. The summed E-state index contributed by atoms with van der Waals surface area (Å²) in [6, 6.07) is 7.63. The second kappa shape index (κ2) is 7.62. The number of benzene rings is 1. The van der Waals surface area contributed by atoms with Crippen molar-refractivity contribution in [2.75, 3.05) is 11.9 Å². The van der Waals surface area contributed by atoms with E-state index in [1.165, 1.54) is 0 Å². The molecule has 1 aliphatic carbocycles. The van der Waals surface area contributed by atoms with Crippen LogP contribution in [0.4, 0.5) is 5.69 Å². The highest BCUT2D eigenvalue weighted by Gasteiger charge is 2.29. The van der Waals surface area contributed by atoms with Crippen molar-refractivity contribution in [3.8, 4) is 0 Å². The van der Waals surface area contributed by atoms with Crippen molar-refractivity contribution in [3.63, 3.8) is 0 Å². The first-order valence-electron chi connectivity index (χ1n) is 8.72. The van der Waals surface area contributed by atoms with E-state index in [0.29, 0.717) is 6.54 Å². The molecule has 1 saturated heterocycles. The summed E-state index contributed by atoms with van der Waals surface area (Å²) in [5, 5.41) is 3.08. The molecule has 5 heteroatoms. The van der Waals surface area contributed by atoms with Gasteiger partial charge in [-0.2, -0.15) is 0 Å². The van der Waals surface area contributed by atoms with E-state index in [1.54, 1.807) is 0 Å². The van der Waals surface area contributed by atoms with Crippen LogP contribution in [0.25, 0.3) is 0 Å². The number of likely N-dealkylation sites (tertiary alicyclic amines) is 1. The van der Waals surface area contributed by atoms with Crippen LogP contribution in [-0.2, 0) is 16.1 Å². The van der Waals surface area contributed by atoms with Gasteiger partial charge in [-0.3, -0.25) is 14.5 Å². The average Bonchev–Trinajstić information content (AvgIpc) is 3.06. The SMILES string of the molecule is NC(=O)[C@@H]1CCCN1Cc1ccccc1NC(=O)[C@@H]1CC=CCC1. The van der Waals surface area contributed by atoms with E-state index in [2.05, 4.69) is 22.4 Å². The molecule has 0 unspecified atom stereocenters. The maximum absolute atomic E-state index is 12.5. The molecule has 2 aliphatic rings. The monoisotopic (exact) mass is 327 g/mol. The van der Waals surface area contributed by atoms with Crippen molar-refractivity contribution in [2.45, 2.75) is 44.7 Å². The molecule has 1 aromatic carbocycles. The highest BCUT2D eigenvalue weighted by Crippen LogP contribution is 2.25. The molecule has 3 rings (SSSR count). The Morgan fingerprint density at radius 2 is 2.04 bits per heavy atom. The van der Waals surface area contributed by atoms with E-state index >= 15 is 0 Å². The zero-order chi connectivity index (χ0) is 16.9. The van der Waals surface area contributed by atoms with Crippen LogP contribution >= 0.6 is 0 Å². The summed E-state index contributed by atoms with van der Waals surface area (Å²) in [7, 11) is 0. The zero-order valence-corrected chi connectivity index (χ0v) is 13.9. The number of carbonyl (C=O) groups excluding carboxylic acids is 2. The predicted molar refractivity (Wildman–Crippen MR) is 94.2 cm³/mol. The number of nitrogens with zero attached hydrogens (tertiary/aromatic N) is 1. The highest BCUT2D eigenvalue weighted by atomic mass is 16.2. The Hall–Kier alpha value is -2.14. The number of hydrogen-bond acceptors (Lipinski definition) is 3. The van der Waals surface area contributed by atoms with Gasteiger partial charge in [-0.05, 0) is 50.3 Å². The fourth-order valence-electron chi connectivity index (χ4n) is 3.60. The second-order valence-corrected chi connectivity index (χ2v) is 6.66. The summed E-state index contributed by atoms with van der Waals surface area (Å²) in [5.74, 6) is -0.129. The third kappa shape index (κ3) is 3.85. The van der Waals surface area contributed by atoms with E-state index in [9.17, 15) is 9.59 Å². The molecule has 0 saturated carbocycles. The second-order valence-electron chi connectivity index (χ2n) is 6.66. The fraction of sp³-hybridized carbons (Fsp3) is 0.474. The van der Waals surface area contributed by atoms with Crippen LogP contribution < -0.4 is 11.1 Å². The molecule has 24 heavy (non-hydrogen) atoms. The Morgan fingerprint density at radius 3 is 2.79 bits per heavy atom. The van der Waals surface area contributed by atoms with E-state index in [4.69, 9.17) is 5.73 Å². The molecule has 0 aromatic heterocycles. The lowest BCUT2D eigenvalue weighted by Crippen LogP contribution is -2.39. The first-order valence-corrected chi connectivity index (χ1v) is 8.72. The maximum Gasteiger partial charge on any atom is 0.234 e. The van der Waals surface area contributed by atoms with Crippen LogP contribution in [0, 0.1) is 5.92 Å². The van der Waals surface area contributed by atoms with Crippen LogP contribution in [0.5, 0.6) is 0 Å². The molecular formula is C19H25N3O2. The minimum absolute atomic E-state index is 0.0493. The summed E-state index contributed by atoms with van der Waals surface area (Å²) in [6.45, 7) is 1.50. The lowest BCUT2D eigenvalue weighted by atomic mass is 9.93. The van der Waals surface area contributed by atoms with Crippen LogP contribution in [0.2, 0.25) is 0 Å². The number of hydrogen-bond donors (Lipinski definition) is 2. The van der Waals surface area contributed by atoms with Gasteiger partial charge in [0.1, 0.15) is 0 Å². The summed E-state index contributed by atoms with van der Waals surface area (Å²) in [6.07, 6.45) is 8.70. The van der Waals surface area contributed by atoms with Gasteiger partial charge >= 0.3 is 0 Å². The predicted octanol–water partition coefficient (Wildman–Crippen LogP) is 2.43. The van der Waals surface area contributed by atoms with Crippen molar-refractivity contribution in [1.82, 2.24) is 4.90 Å². The number of primary amides is 1. The average molecular weight is 327 g/mol. The van der Waals surface area contributed by atoms with Crippen molar-refractivity contribution < 1.29 is 9.59 Å². The van der Waals surface area contributed by atoms with Crippen LogP contribution in [0.1, 0.15) is 37.7 Å². The van der Waals surface area contributed by atoms with Crippen molar-refractivity contribution in [1.29, 1.82) is 0 Å². The molecule has 2 atom stereocenters. The standard InChI is InChI=1S/C19H25N3O2/c20-18(23)17-11-6-12-22(17)13-15-9-4-5-10-16(15)21-19(24)14-7-2-1-3-8-14/h1-2,4-5,9-10,14,17H,3,6-8,11-13H2,(H2,20,23)(H,21,24)/t14-,17+/m1/s1. The van der Waals surface area contributed by atoms with E-state index in [1.807, 2.05) is 24.3 Å². The third-order valence-corrected chi connectivity index (χ3v) is 4.98. The lowest BCUT2D eigenvalue weighted by molar-refractivity contribution is -0.122. The molecule has 3 N–H and O–H groups in total. The van der Waals surface area contributed by atoms with Gasteiger partial charge in [0.2, 0.25) is 11.8 Å². The molecule has 1 aromatic rings. The highest BCUT2D eigenvalue weighted by molar-refractivity contribution is 5.93. The fourth-order valence-corrected chi connectivity index (χ4v) is 3.60. The minimum atomic E-state index is -0.261. The minimum Gasteiger partial charge on any atom is -0.368 e. The van der Waals surface area contributed by atoms with Gasteiger partial charge in [0, 0.05) is 18.2 Å². The maximum atomic E-state index is 12.5. The van der Waals surface area contributed by atoms with Gasteiger partial charge in [-0.25, -0.2) is 0 Å². The molecule has 0 spiro atoms. The lowest BCUT2D eigenvalue weighted by Gasteiger charge is -2.24. The van der Waals surface area contributed by atoms with Crippen molar-refractivity contribution in [2.24, 2.45) is 11.7 Å². The number of nitrogens with two attached hydrogens (primary N) is 1. The van der Waals surface area contributed by atoms with E-state index in [0.717, 1.165) is 49.9 Å². The topological polar surface area (TPSA) is 75.4 Å². The molecule has 128 valence electrons. The molecule has 1 fully saturated rings. The van der Waals surface area contributed by atoms with Crippen LogP contribution in [-0.4, -0.2) is 29.3 Å². The van der Waals surface area contributed by atoms with Crippen molar-refractivity contribution in [3.05, 3.63) is 42.0 Å². The number of amides is 2. The molecule has 0 radical (unpaired) electrons. The first kappa shape index (κ1) is 16.7. The molecule has 2 amide bonds. The zero-order valence-electron chi connectivity index (χ0n) is 13.9. The Bertz CT molecular complexity index is 641. The van der Waals surface area contributed by atoms with Gasteiger partial charge in [-0.1, -0.05) is 30.4 Å². The number of carbonyl (C=O) groups is 2. The Labute approximate surface area is 142 Å². The first-order chi connectivity index (χ1) is 11.6. The Morgan fingerprint density at radius 1 is 1.21 bits per heavy atom. The summed E-state index contributed by atoms with van der Waals surface area (Å²) in [5.41, 5.74) is 7.37. The van der Waals surface area contributed by atoms with E-state index in [-0.39, 0.29) is 23.8 Å². The van der Waals surface area contributed by atoms with Gasteiger partial charge in [-0.15, -0.1) is 0 Å². The summed E-state index contributed by atoms with van der Waals surface area (Å²) < 4.78 is 0. The summed E-state index contributed by atoms with van der Waals surface area (Å²) in [4.78, 5) is 26.2.